The zero-order chi connectivity index (χ0) is 15.0. The highest BCUT2D eigenvalue weighted by molar-refractivity contribution is 7.92. The van der Waals surface area contributed by atoms with Gasteiger partial charge in [0, 0.05) is 6.20 Å². The van der Waals surface area contributed by atoms with Crippen LogP contribution in [-0.4, -0.2) is 37.2 Å². The fourth-order valence-corrected chi connectivity index (χ4v) is 3.47. The van der Waals surface area contributed by atoms with Gasteiger partial charge in [0.15, 0.2) is 6.10 Å². The van der Waals surface area contributed by atoms with E-state index in [-0.39, 0.29) is 11.4 Å². The van der Waals surface area contributed by atoms with Crippen molar-refractivity contribution in [2.24, 2.45) is 5.73 Å². The molecule has 1 aliphatic heterocycles. The summed E-state index contributed by atoms with van der Waals surface area (Å²) >= 11 is 0. The van der Waals surface area contributed by atoms with Gasteiger partial charge in [-0.05, 0) is 12.1 Å². The second-order valence-electron chi connectivity index (χ2n) is 4.45. The molecule has 0 fully saturated rings. The molecule has 0 bridgehead atoms. The van der Waals surface area contributed by atoms with Crippen molar-refractivity contribution in [3.05, 3.63) is 36.7 Å². The topological polar surface area (TPSA) is 118 Å². The molecule has 0 saturated carbocycles. The Labute approximate surface area is 120 Å². The number of nitrogens with two attached hydrogens (primary N) is 1. The molecule has 2 heterocycles. The van der Waals surface area contributed by atoms with Crippen LogP contribution in [0.4, 0.5) is 5.69 Å². The zero-order valence-corrected chi connectivity index (χ0v) is 11.6. The predicted octanol–water partition coefficient (Wildman–Crippen LogP) is -0.149. The van der Waals surface area contributed by atoms with Crippen LogP contribution in [0, 0.1) is 0 Å². The third-order valence-electron chi connectivity index (χ3n) is 3.11. The molecular weight excluding hydrogens is 296 g/mol. The largest absolute Gasteiger partial charge is 0.476 e. The highest BCUT2D eigenvalue weighted by atomic mass is 32.2. The maximum absolute atomic E-state index is 12.6. The highest BCUT2D eigenvalue weighted by Gasteiger charge is 2.36. The number of carbonyl (C=O) groups is 1. The van der Waals surface area contributed by atoms with E-state index in [9.17, 15) is 13.2 Å². The van der Waals surface area contributed by atoms with E-state index in [1.165, 1.54) is 12.4 Å². The lowest BCUT2D eigenvalue weighted by molar-refractivity contribution is -0.124. The molecule has 1 aliphatic rings. The number of fused-ring (bicyclic) bond motifs is 1. The number of para-hydroxylation sites is 2. The van der Waals surface area contributed by atoms with E-state index in [2.05, 4.69) is 10.2 Å². The number of amides is 1. The van der Waals surface area contributed by atoms with Crippen LogP contribution in [0.1, 0.15) is 0 Å². The van der Waals surface area contributed by atoms with Crippen molar-refractivity contribution < 1.29 is 17.9 Å². The Morgan fingerprint density at radius 1 is 1.43 bits per heavy atom. The second-order valence-corrected chi connectivity index (χ2v) is 6.31. The summed E-state index contributed by atoms with van der Waals surface area (Å²) in [6.45, 7) is -0.181. The lowest BCUT2D eigenvalue weighted by Gasteiger charge is -2.33. The molecule has 0 radical (unpaired) electrons. The smallest absolute Gasteiger partial charge is 0.267 e. The van der Waals surface area contributed by atoms with Gasteiger partial charge in [0.25, 0.3) is 15.9 Å². The summed E-state index contributed by atoms with van der Waals surface area (Å²) in [7, 11) is -3.85. The van der Waals surface area contributed by atoms with Gasteiger partial charge in [-0.15, -0.1) is 0 Å². The Hall–Kier alpha value is -2.55. The van der Waals surface area contributed by atoms with E-state index in [0.717, 1.165) is 4.31 Å². The van der Waals surface area contributed by atoms with Crippen LogP contribution in [-0.2, 0) is 14.8 Å². The summed E-state index contributed by atoms with van der Waals surface area (Å²) in [5.74, 6) is -0.434. The van der Waals surface area contributed by atoms with Crippen molar-refractivity contribution in [1.82, 2.24) is 10.2 Å². The van der Waals surface area contributed by atoms with Gasteiger partial charge in [0.2, 0.25) is 0 Å². The number of aromatic amines is 1. The van der Waals surface area contributed by atoms with Gasteiger partial charge < -0.3 is 10.5 Å². The number of hydrogen-bond acceptors (Lipinski definition) is 5. The number of hydrogen-bond donors (Lipinski definition) is 2. The Bertz CT molecular complexity index is 772. The minimum absolute atomic E-state index is 0.00224. The maximum atomic E-state index is 12.6. The molecular formula is C12H12N4O4S. The molecule has 8 nitrogen and oxygen atoms in total. The number of ether oxygens (including phenoxy) is 1. The van der Waals surface area contributed by atoms with Crippen LogP contribution < -0.4 is 14.8 Å². The quantitative estimate of drug-likeness (QED) is 0.817. The summed E-state index contributed by atoms with van der Waals surface area (Å²) in [6, 6.07) is 6.56. The van der Waals surface area contributed by atoms with Crippen LogP contribution in [0.5, 0.6) is 5.75 Å². The molecule has 0 spiro atoms. The molecule has 3 rings (SSSR count). The van der Waals surface area contributed by atoms with Crippen molar-refractivity contribution >= 4 is 21.6 Å². The predicted molar refractivity (Wildman–Crippen MR) is 73.2 cm³/mol. The highest BCUT2D eigenvalue weighted by Crippen LogP contribution is 2.36. The molecule has 9 heteroatoms. The lowest BCUT2D eigenvalue weighted by Crippen LogP contribution is -2.49. The summed E-state index contributed by atoms with van der Waals surface area (Å²) in [5, 5.41) is 6.09. The van der Waals surface area contributed by atoms with E-state index < -0.39 is 22.0 Å². The van der Waals surface area contributed by atoms with Gasteiger partial charge in [0.05, 0.1) is 18.4 Å². The third kappa shape index (κ3) is 2.21. The van der Waals surface area contributed by atoms with Crippen molar-refractivity contribution in [3.8, 4) is 5.75 Å². The lowest BCUT2D eigenvalue weighted by atomic mass is 10.2. The summed E-state index contributed by atoms with van der Waals surface area (Å²) in [4.78, 5) is 11.4. The van der Waals surface area contributed by atoms with Crippen molar-refractivity contribution in [3.63, 3.8) is 0 Å². The monoisotopic (exact) mass is 308 g/mol. The molecule has 1 atom stereocenters. The average molecular weight is 308 g/mol. The third-order valence-corrected chi connectivity index (χ3v) is 4.86. The minimum atomic E-state index is -3.85. The minimum Gasteiger partial charge on any atom is -0.476 e. The SMILES string of the molecule is NC(=O)C1CN(S(=O)(=O)c2cn[nH]c2)c2ccccc2O1. The van der Waals surface area contributed by atoms with Gasteiger partial charge in [-0.3, -0.25) is 14.2 Å². The van der Waals surface area contributed by atoms with Crippen molar-refractivity contribution in [1.29, 1.82) is 0 Å². The van der Waals surface area contributed by atoms with E-state index in [1.54, 1.807) is 24.3 Å². The van der Waals surface area contributed by atoms with Crippen LogP contribution >= 0.6 is 0 Å². The average Bonchev–Trinajstić information content (AvgIpc) is 3.00. The Morgan fingerprint density at radius 3 is 2.86 bits per heavy atom. The number of nitrogens with one attached hydrogen (secondary N) is 1. The van der Waals surface area contributed by atoms with E-state index >= 15 is 0 Å². The van der Waals surface area contributed by atoms with Gasteiger partial charge in [-0.25, -0.2) is 8.42 Å². The molecule has 2 aromatic rings. The number of nitrogens with zero attached hydrogens (tertiary/aromatic N) is 2. The van der Waals surface area contributed by atoms with Gasteiger partial charge in [0.1, 0.15) is 10.6 Å². The van der Waals surface area contributed by atoms with Crippen molar-refractivity contribution in [2.45, 2.75) is 11.0 Å². The van der Waals surface area contributed by atoms with E-state index in [1.807, 2.05) is 0 Å². The van der Waals surface area contributed by atoms with Crippen molar-refractivity contribution in [2.75, 3.05) is 10.8 Å². The van der Waals surface area contributed by atoms with Crippen LogP contribution in [0.15, 0.2) is 41.6 Å². The number of aromatic nitrogens is 2. The summed E-state index contributed by atoms with van der Waals surface area (Å²) in [6.07, 6.45) is 1.43. The number of primary amides is 1. The van der Waals surface area contributed by atoms with E-state index in [4.69, 9.17) is 10.5 Å². The molecule has 110 valence electrons. The fourth-order valence-electron chi connectivity index (χ4n) is 2.09. The standard InChI is InChI=1S/C12H12N4O4S/c13-12(17)11-7-16(9-3-1-2-4-10(9)20-11)21(18,19)8-5-14-15-6-8/h1-6,11H,7H2,(H2,13,17)(H,14,15). The number of H-pyrrole nitrogens is 1. The van der Waals surface area contributed by atoms with Gasteiger partial charge in [-0.1, -0.05) is 12.1 Å². The molecule has 1 aromatic carbocycles. The molecule has 0 aliphatic carbocycles. The maximum Gasteiger partial charge on any atom is 0.267 e. The normalized spacial score (nSPS) is 17.9. The Morgan fingerprint density at radius 2 is 2.19 bits per heavy atom. The van der Waals surface area contributed by atoms with Crippen LogP contribution in [0.3, 0.4) is 0 Å². The molecule has 1 amide bonds. The van der Waals surface area contributed by atoms with Gasteiger partial charge in [-0.2, -0.15) is 5.10 Å². The first-order valence-corrected chi connectivity index (χ1v) is 7.50. The molecule has 0 saturated heterocycles. The fraction of sp³-hybridized carbons (Fsp3) is 0.167. The summed E-state index contributed by atoms with van der Waals surface area (Å²) in [5.41, 5.74) is 5.60. The number of anilines is 1. The first kappa shape index (κ1) is 13.4. The van der Waals surface area contributed by atoms with Crippen LogP contribution in [0.2, 0.25) is 0 Å². The Kier molecular flexibility index (Phi) is 3.05. The Balaban J connectivity index is 2.11. The number of sulfonamides is 1. The first-order chi connectivity index (χ1) is 10.00. The number of rotatable bonds is 3. The molecule has 3 N–H and O–H groups in total. The van der Waals surface area contributed by atoms with E-state index in [0.29, 0.717) is 11.4 Å². The molecule has 1 unspecified atom stereocenters. The molecule has 21 heavy (non-hydrogen) atoms. The first-order valence-electron chi connectivity index (χ1n) is 6.06. The van der Waals surface area contributed by atoms with Gasteiger partial charge >= 0.3 is 0 Å². The summed E-state index contributed by atoms with van der Waals surface area (Å²) < 4.78 is 31.8. The number of benzene rings is 1. The number of carbonyl (C=O) groups excluding carboxylic acids is 1. The second kappa shape index (κ2) is 4.77. The zero-order valence-electron chi connectivity index (χ0n) is 10.8. The van der Waals surface area contributed by atoms with Crippen LogP contribution in [0.25, 0.3) is 0 Å². The molecule has 1 aromatic heterocycles.